The third-order valence-corrected chi connectivity index (χ3v) is 2.25. The summed E-state index contributed by atoms with van der Waals surface area (Å²) in [6.45, 7) is 2.38. The van der Waals surface area contributed by atoms with Crippen LogP contribution in [0, 0.1) is 6.92 Å². The van der Waals surface area contributed by atoms with Gasteiger partial charge in [0.2, 0.25) is 5.82 Å². The average molecular weight is 232 g/mol. The maximum atomic E-state index is 11.6. The molecule has 0 aliphatic rings. The maximum Gasteiger partial charge on any atom is 0.341 e. The molecular formula is C11H12N4O2. The summed E-state index contributed by atoms with van der Waals surface area (Å²) in [5, 5.41) is 8.34. The van der Waals surface area contributed by atoms with Gasteiger partial charge < -0.3 is 5.32 Å². The van der Waals surface area contributed by atoms with Crippen molar-refractivity contribution in [2.45, 2.75) is 13.5 Å². The molecular weight excluding hydrogens is 220 g/mol. The Kier molecular flexibility index (Phi) is 3.04. The Labute approximate surface area is 97.1 Å². The molecule has 3 N–H and O–H groups in total. The molecule has 0 bridgehead atoms. The van der Waals surface area contributed by atoms with Gasteiger partial charge in [0.1, 0.15) is 0 Å². The summed E-state index contributed by atoms with van der Waals surface area (Å²) >= 11 is 0. The molecule has 1 heterocycles. The number of nitrogens with one attached hydrogen (secondary N) is 3. The standard InChI is InChI=1S/C11H12N4O2/c1-7-3-2-4-8(5-7)6-12-10(16)9-13-11(17)15-14-9/h2-5H,6H2,1H3,(H,12,16)(H2,13,14,15,17). The Hall–Kier alpha value is -2.37. The Balaban J connectivity index is 1.99. The molecule has 2 aromatic rings. The molecule has 0 unspecified atom stereocenters. The molecule has 1 aromatic heterocycles. The molecule has 0 saturated carbocycles. The van der Waals surface area contributed by atoms with Gasteiger partial charge in [-0.15, -0.1) is 5.10 Å². The van der Waals surface area contributed by atoms with Crippen LogP contribution < -0.4 is 11.0 Å². The molecule has 1 amide bonds. The van der Waals surface area contributed by atoms with Crippen molar-refractivity contribution in [1.29, 1.82) is 0 Å². The van der Waals surface area contributed by atoms with Gasteiger partial charge >= 0.3 is 5.69 Å². The highest BCUT2D eigenvalue weighted by Crippen LogP contribution is 2.03. The van der Waals surface area contributed by atoms with Crippen molar-refractivity contribution >= 4 is 5.91 Å². The van der Waals surface area contributed by atoms with Crippen LogP contribution >= 0.6 is 0 Å². The van der Waals surface area contributed by atoms with Gasteiger partial charge in [-0.1, -0.05) is 29.8 Å². The van der Waals surface area contributed by atoms with E-state index in [0.717, 1.165) is 11.1 Å². The lowest BCUT2D eigenvalue weighted by Crippen LogP contribution is -2.24. The Morgan fingerprint density at radius 2 is 2.29 bits per heavy atom. The number of aromatic nitrogens is 3. The zero-order valence-corrected chi connectivity index (χ0v) is 9.28. The lowest BCUT2D eigenvalue weighted by atomic mass is 10.1. The minimum Gasteiger partial charge on any atom is -0.345 e. The number of benzene rings is 1. The van der Waals surface area contributed by atoms with E-state index in [1.807, 2.05) is 31.2 Å². The number of carbonyl (C=O) groups excluding carboxylic acids is 1. The zero-order chi connectivity index (χ0) is 12.3. The van der Waals surface area contributed by atoms with Gasteiger partial charge in [-0.05, 0) is 12.5 Å². The molecule has 6 nitrogen and oxygen atoms in total. The molecule has 0 aliphatic carbocycles. The number of rotatable bonds is 3. The second-order valence-electron chi connectivity index (χ2n) is 3.70. The van der Waals surface area contributed by atoms with Gasteiger partial charge in [0.05, 0.1) is 0 Å². The second kappa shape index (κ2) is 4.65. The lowest BCUT2D eigenvalue weighted by molar-refractivity contribution is 0.0941. The Morgan fingerprint density at radius 3 is 2.94 bits per heavy atom. The maximum absolute atomic E-state index is 11.6. The van der Waals surface area contributed by atoms with Gasteiger partial charge in [-0.3, -0.25) is 9.78 Å². The van der Waals surface area contributed by atoms with Crippen molar-refractivity contribution in [1.82, 2.24) is 20.5 Å². The van der Waals surface area contributed by atoms with Gasteiger partial charge in [0.15, 0.2) is 0 Å². The summed E-state index contributed by atoms with van der Waals surface area (Å²) in [6.07, 6.45) is 0. The normalized spacial score (nSPS) is 10.2. The van der Waals surface area contributed by atoms with Crippen molar-refractivity contribution in [3.63, 3.8) is 0 Å². The van der Waals surface area contributed by atoms with Crippen molar-refractivity contribution in [2.24, 2.45) is 0 Å². The van der Waals surface area contributed by atoms with E-state index in [4.69, 9.17) is 0 Å². The number of amides is 1. The SMILES string of the molecule is Cc1cccc(CNC(=O)c2n[nH]c(=O)[nH]2)c1. The fourth-order valence-corrected chi connectivity index (χ4v) is 1.47. The summed E-state index contributed by atoms with van der Waals surface area (Å²) in [6, 6.07) is 7.80. The minimum atomic E-state index is -0.495. The molecule has 1 aromatic carbocycles. The number of aryl methyl sites for hydroxylation is 1. The topological polar surface area (TPSA) is 90.6 Å². The van der Waals surface area contributed by atoms with Crippen LogP contribution in [0.4, 0.5) is 0 Å². The van der Waals surface area contributed by atoms with Crippen LogP contribution in [0.2, 0.25) is 0 Å². The fraction of sp³-hybridized carbons (Fsp3) is 0.182. The predicted octanol–water partition coefficient (Wildman–Crippen LogP) is 0.336. The first-order chi connectivity index (χ1) is 8.15. The smallest absolute Gasteiger partial charge is 0.341 e. The Bertz CT molecular complexity index is 585. The van der Waals surface area contributed by atoms with E-state index >= 15 is 0 Å². The number of nitrogens with zero attached hydrogens (tertiary/aromatic N) is 1. The van der Waals surface area contributed by atoms with E-state index in [9.17, 15) is 9.59 Å². The van der Waals surface area contributed by atoms with Crippen molar-refractivity contribution in [3.8, 4) is 0 Å². The highest BCUT2D eigenvalue weighted by molar-refractivity contribution is 5.90. The molecule has 17 heavy (non-hydrogen) atoms. The van der Waals surface area contributed by atoms with Gasteiger partial charge in [-0.2, -0.15) is 0 Å². The molecule has 88 valence electrons. The molecule has 0 spiro atoms. The van der Waals surface area contributed by atoms with Crippen molar-refractivity contribution in [3.05, 3.63) is 51.7 Å². The van der Waals surface area contributed by atoms with E-state index < -0.39 is 11.6 Å². The number of hydrogen-bond donors (Lipinski definition) is 3. The highest BCUT2D eigenvalue weighted by Gasteiger charge is 2.08. The zero-order valence-electron chi connectivity index (χ0n) is 9.28. The van der Waals surface area contributed by atoms with E-state index in [1.165, 1.54) is 0 Å². The van der Waals surface area contributed by atoms with Crippen LogP contribution in [0.5, 0.6) is 0 Å². The third kappa shape index (κ3) is 2.81. The first-order valence-corrected chi connectivity index (χ1v) is 5.13. The third-order valence-electron chi connectivity index (χ3n) is 2.25. The van der Waals surface area contributed by atoms with E-state index in [2.05, 4.69) is 20.5 Å². The summed E-state index contributed by atoms with van der Waals surface area (Å²) in [5.41, 5.74) is 1.63. The van der Waals surface area contributed by atoms with Gasteiger partial charge in [-0.25, -0.2) is 9.89 Å². The molecule has 0 atom stereocenters. The lowest BCUT2D eigenvalue weighted by Gasteiger charge is -2.03. The molecule has 0 saturated heterocycles. The van der Waals surface area contributed by atoms with Crippen LogP contribution in [-0.2, 0) is 6.54 Å². The molecule has 0 fully saturated rings. The quantitative estimate of drug-likeness (QED) is 0.712. The summed E-state index contributed by atoms with van der Waals surface area (Å²) < 4.78 is 0. The molecule has 6 heteroatoms. The average Bonchev–Trinajstić information content (AvgIpc) is 2.73. The number of hydrogen-bond acceptors (Lipinski definition) is 3. The summed E-state index contributed by atoms with van der Waals surface area (Å²) in [4.78, 5) is 24.6. The molecule has 0 aliphatic heterocycles. The summed E-state index contributed by atoms with van der Waals surface area (Å²) in [7, 11) is 0. The first kappa shape index (κ1) is 11.1. The highest BCUT2D eigenvalue weighted by atomic mass is 16.2. The second-order valence-corrected chi connectivity index (χ2v) is 3.70. The van der Waals surface area contributed by atoms with E-state index in [-0.39, 0.29) is 5.82 Å². The van der Waals surface area contributed by atoms with Crippen LogP contribution in [0.1, 0.15) is 21.7 Å². The Morgan fingerprint density at radius 1 is 1.47 bits per heavy atom. The molecule has 0 radical (unpaired) electrons. The minimum absolute atomic E-state index is 0.0114. The predicted molar refractivity (Wildman–Crippen MR) is 61.6 cm³/mol. The van der Waals surface area contributed by atoms with E-state index in [0.29, 0.717) is 6.54 Å². The van der Waals surface area contributed by atoms with Crippen molar-refractivity contribution < 1.29 is 4.79 Å². The largest absolute Gasteiger partial charge is 0.345 e. The fourth-order valence-electron chi connectivity index (χ4n) is 1.47. The number of aromatic amines is 2. The summed E-state index contributed by atoms with van der Waals surface area (Å²) in [5.74, 6) is -0.424. The van der Waals surface area contributed by atoms with Gasteiger partial charge in [0, 0.05) is 6.54 Å². The van der Waals surface area contributed by atoms with Gasteiger partial charge in [0.25, 0.3) is 5.91 Å². The molecule has 2 rings (SSSR count). The monoisotopic (exact) mass is 232 g/mol. The van der Waals surface area contributed by atoms with Crippen LogP contribution in [0.15, 0.2) is 29.1 Å². The number of H-pyrrole nitrogens is 2. The first-order valence-electron chi connectivity index (χ1n) is 5.13. The van der Waals surface area contributed by atoms with Crippen LogP contribution in [0.25, 0.3) is 0 Å². The van der Waals surface area contributed by atoms with E-state index in [1.54, 1.807) is 0 Å². The van der Waals surface area contributed by atoms with Crippen LogP contribution in [-0.4, -0.2) is 21.1 Å². The van der Waals surface area contributed by atoms with Crippen molar-refractivity contribution in [2.75, 3.05) is 0 Å². The number of carbonyl (C=O) groups is 1. The van der Waals surface area contributed by atoms with Crippen LogP contribution in [0.3, 0.4) is 0 Å².